The van der Waals surface area contributed by atoms with Gasteiger partial charge in [0.1, 0.15) is 11.9 Å². The highest BCUT2D eigenvalue weighted by Gasteiger charge is 2.36. The second kappa shape index (κ2) is 7.47. The molecule has 2 atom stereocenters. The van der Waals surface area contributed by atoms with Crippen LogP contribution in [-0.2, 0) is 4.79 Å². The molecule has 2 aromatic carbocycles. The smallest absolute Gasteiger partial charge is 0.257 e. The average molecular weight is 364 g/mol. The standard InChI is InChI=1S/C18H18ClNO3S/c1-23-13-8-6-12(7-9-13)17-16(21)18(22)20(11-10-19)14-4-2-3-5-15(14)24-17/h2-9,16-17,21H,10-11H2,1H3/t16-,17+/m1/s1. The molecular weight excluding hydrogens is 346 g/mol. The molecule has 24 heavy (non-hydrogen) atoms. The molecule has 0 aliphatic carbocycles. The summed E-state index contributed by atoms with van der Waals surface area (Å²) in [6.07, 6.45) is -1.14. The minimum Gasteiger partial charge on any atom is -0.497 e. The zero-order valence-electron chi connectivity index (χ0n) is 13.2. The maximum Gasteiger partial charge on any atom is 0.257 e. The molecule has 6 heteroatoms. The SMILES string of the molecule is COc1ccc([C@@H]2Sc3ccccc3N(CCCl)C(=O)[C@@H]2O)cc1. The van der Waals surface area contributed by atoms with Crippen LogP contribution in [0.15, 0.2) is 53.4 Å². The minimum absolute atomic E-state index is 0.310. The summed E-state index contributed by atoms with van der Waals surface area (Å²) in [4.78, 5) is 15.3. The monoisotopic (exact) mass is 363 g/mol. The molecule has 0 bridgehead atoms. The molecular formula is C18H18ClNO3S. The number of hydrogen-bond donors (Lipinski definition) is 1. The van der Waals surface area contributed by atoms with E-state index in [0.717, 1.165) is 21.9 Å². The van der Waals surface area contributed by atoms with E-state index in [2.05, 4.69) is 0 Å². The predicted molar refractivity (Wildman–Crippen MR) is 97.1 cm³/mol. The van der Waals surface area contributed by atoms with Crippen molar-refractivity contribution in [2.24, 2.45) is 0 Å². The van der Waals surface area contributed by atoms with Crippen molar-refractivity contribution in [3.8, 4) is 5.75 Å². The van der Waals surface area contributed by atoms with Gasteiger partial charge in [-0.1, -0.05) is 24.3 Å². The number of halogens is 1. The Hall–Kier alpha value is -1.69. The quantitative estimate of drug-likeness (QED) is 0.845. The highest BCUT2D eigenvalue weighted by Crippen LogP contribution is 2.45. The number of alkyl halides is 1. The Morgan fingerprint density at radius 1 is 1.21 bits per heavy atom. The normalized spacial score (nSPS) is 20.5. The Morgan fingerprint density at radius 3 is 2.58 bits per heavy atom. The van der Waals surface area contributed by atoms with E-state index in [9.17, 15) is 9.90 Å². The highest BCUT2D eigenvalue weighted by atomic mass is 35.5. The summed E-state index contributed by atoms with van der Waals surface area (Å²) < 4.78 is 5.18. The summed E-state index contributed by atoms with van der Waals surface area (Å²) in [5.74, 6) is 0.723. The number of aliphatic hydroxyl groups is 1. The summed E-state index contributed by atoms with van der Waals surface area (Å²) in [6.45, 7) is 0.365. The van der Waals surface area contributed by atoms with Crippen LogP contribution in [-0.4, -0.2) is 36.7 Å². The van der Waals surface area contributed by atoms with E-state index < -0.39 is 6.10 Å². The molecule has 1 amide bonds. The first-order valence-electron chi connectivity index (χ1n) is 7.60. The third kappa shape index (κ3) is 3.24. The number of benzene rings is 2. The molecule has 1 N–H and O–H groups in total. The number of ether oxygens (including phenoxy) is 1. The molecule has 0 unspecified atom stereocenters. The number of thioether (sulfide) groups is 1. The third-order valence-corrected chi connectivity index (χ3v) is 5.52. The molecule has 1 aliphatic rings. The number of anilines is 1. The molecule has 126 valence electrons. The Bertz CT molecular complexity index is 722. The Morgan fingerprint density at radius 2 is 1.92 bits per heavy atom. The number of para-hydroxylation sites is 1. The van der Waals surface area contributed by atoms with Crippen molar-refractivity contribution in [2.45, 2.75) is 16.2 Å². The molecule has 0 saturated carbocycles. The fourth-order valence-corrected chi connectivity index (χ4v) is 4.19. The van der Waals surface area contributed by atoms with Crippen LogP contribution in [0, 0.1) is 0 Å². The van der Waals surface area contributed by atoms with Crippen LogP contribution >= 0.6 is 23.4 Å². The van der Waals surface area contributed by atoms with Crippen molar-refractivity contribution < 1.29 is 14.6 Å². The van der Waals surface area contributed by atoms with Crippen LogP contribution in [0.5, 0.6) is 5.75 Å². The van der Waals surface area contributed by atoms with Crippen molar-refractivity contribution in [1.29, 1.82) is 0 Å². The Balaban J connectivity index is 2.02. The summed E-state index contributed by atoms with van der Waals surface area (Å²) in [5, 5.41) is 10.3. The number of carbonyl (C=O) groups is 1. The van der Waals surface area contributed by atoms with Gasteiger partial charge in [-0.05, 0) is 29.8 Å². The summed E-state index contributed by atoms with van der Waals surface area (Å²) in [7, 11) is 1.61. The zero-order valence-corrected chi connectivity index (χ0v) is 14.8. The fraction of sp³-hybridized carbons (Fsp3) is 0.278. The number of fused-ring (bicyclic) bond motifs is 1. The summed E-state index contributed by atoms with van der Waals surface area (Å²) in [6, 6.07) is 15.1. The second-order valence-electron chi connectivity index (χ2n) is 5.40. The van der Waals surface area contributed by atoms with Gasteiger partial charge in [0.25, 0.3) is 5.91 Å². The van der Waals surface area contributed by atoms with Gasteiger partial charge < -0.3 is 14.7 Å². The van der Waals surface area contributed by atoms with E-state index in [4.69, 9.17) is 16.3 Å². The van der Waals surface area contributed by atoms with E-state index in [1.54, 1.807) is 12.0 Å². The first kappa shape index (κ1) is 17.1. The largest absolute Gasteiger partial charge is 0.497 e. The van der Waals surface area contributed by atoms with Crippen LogP contribution in [0.2, 0.25) is 0 Å². The molecule has 0 aromatic heterocycles. The van der Waals surface area contributed by atoms with Crippen LogP contribution in [0.4, 0.5) is 5.69 Å². The predicted octanol–water partition coefficient (Wildman–Crippen LogP) is 3.47. The van der Waals surface area contributed by atoms with Crippen LogP contribution in [0.1, 0.15) is 10.8 Å². The number of hydrogen-bond acceptors (Lipinski definition) is 4. The minimum atomic E-state index is -1.14. The molecule has 0 saturated heterocycles. The molecule has 4 nitrogen and oxygen atoms in total. The van der Waals surface area contributed by atoms with Gasteiger partial charge in [-0.25, -0.2) is 0 Å². The van der Waals surface area contributed by atoms with Crippen molar-refractivity contribution in [3.63, 3.8) is 0 Å². The van der Waals surface area contributed by atoms with Gasteiger partial charge in [-0.2, -0.15) is 0 Å². The lowest BCUT2D eigenvalue weighted by Gasteiger charge is -2.24. The van der Waals surface area contributed by atoms with E-state index in [-0.39, 0.29) is 11.2 Å². The van der Waals surface area contributed by atoms with Gasteiger partial charge in [0.05, 0.1) is 18.0 Å². The van der Waals surface area contributed by atoms with Crippen molar-refractivity contribution in [3.05, 3.63) is 54.1 Å². The topological polar surface area (TPSA) is 49.8 Å². The lowest BCUT2D eigenvalue weighted by molar-refractivity contribution is -0.126. The van der Waals surface area contributed by atoms with E-state index in [0.29, 0.717) is 12.4 Å². The maximum atomic E-state index is 12.8. The van der Waals surface area contributed by atoms with Gasteiger partial charge in [0.15, 0.2) is 0 Å². The lowest BCUT2D eigenvalue weighted by Crippen LogP contribution is -2.41. The number of amides is 1. The van der Waals surface area contributed by atoms with Crippen molar-refractivity contribution in [1.82, 2.24) is 0 Å². The van der Waals surface area contributed by atoms with E-state index in [1.807, 2.05) is 48.5 Å². The zero-order chi connectivity index (χ0) is 17.1. The second-order valence-corrected chi connectivity index (χ2v) is 6.96. The molecule has 0 spiro atoms. The first-order chi connectivity index (χ1) is 11.7. The molecule has 3 rings (SSSR count). The lowest BCUT2D eigenvalue weighted by atomic mass is 10.1. The molecule has 2 aromatic rings. The Kier molecular flexibility index (Phi) is 5.33. The van der Waals surface area contributed by atoms with Gasteiger partial charge in [-0.15, -0.1) is 23.4 Å². The third-order valence-electron chi connectivity index (χ3n) is 3.97. The number of methoxy groups -OCH3 is 1. The van der Waals surface area contributed by atoms with E-state index in [1.165, 1.54) is 11.8 Å². The van der Waals surface area contributed by atoms with Crippen molar-refractivity contribution in [2.75, 3.05) is 24.4 Å². The van der Waals surface area contributed by atoms with Gasteiger partial charge >= 0.3 is 0 Å². The van der Waals surface area contributed by atoms with Gasteiger partial charge in [-0.3, -0.25) is 4.79 Å². The van der Waals surface area contributed by atoms with Crippen LogP contribution in [0.3, 0.4) is 0 Å². The summed E-state index contributed by atoms with van der Waals surface area (Å²) >= 11 is 7.35. The maximum absolute atomic E-state index is 12.8. The Labute approximate surface area is 150 Å². The average Bonchev–Trinajstić information content (AvgIpc) is 2.73. The molecule has 0 radical (unpaired) electrons. The van der Waals surface area contributed by atoms with Gasteiger partial charge in [0.2, 0.25) is 0 Å². The summed E-state index contributed by atoms with van der Waals surface area (Å²) in [5.41, 5.74) is 1.67. The number of rotatable bonds is 4. The first-order valence-corrected chi connectivity index (χ1v) is 9.02. The van der Waals surface area contributed by atoms with Gasteiger partial charge in [0, 0.05) is 17.3 Å². The van der Waals surface area contributed by atoms with Crippen molar-refractivity contribution >= 4 is 35.0 Å². The number of nitrogens with zero attached hydrogens (tertiary/aromatic N) is 1. The molecule has 0 fully saturated rings. The van der Waals surface area contributed by atoms with E-state index >= 15 is 0 Å². The highest BCUT2D eigenvalue weighted by molar-refractivity contribution is 7.99. The molecule has 1 aliphatic heterocycles. The fourth-order valence-electron chi connectivity index (χ4n) is 2.75. The number of carbonyl (C=O) groups excluding carboxylic acids is 1. The van der Waals surface area contributed by atoms with Crippen LogP contribution in [0.25, 0.3) is 0 Å². The molecule has 1 heterocycles. The van der Waals surface area contributed by atoms with Crippen LogP contribution < -0.4 is 9.64 Å². The number of aliphatic hydroxyl groups excluding tert-OH is 1.